The largest absolute Gasteiger partial charge is 0.465 e. The fraction of sp³-hybridized carbons (Fsp3) is 0.176. The number of nitrogens with zero attached hydrogens (tertiary/aromatic N) is 1. The molecule has 0 atom stereocenters. The van der Waals surface area contributed by atoms with Gasteiger partial charge in [0.1, 0.15) is 22.7 Å². The summed E-state index contributed by atoms with van der Waals surface area (Å²) in [5.74, 6) is -0.648. The van der Waals surface area contributed by atoms with Gasteiger partial charge in [-0.1, -0.05) is 0 Å². The highest BCUT2D eigenvalue weighted by atomic mass is 19.1. The van der Waals surface area contributed by atoms with E-state index in [4.69, 9.17) is 4.42 Å². The van der Waals surface area contributed by atoms with Gasteiger partial charge in [0.2, 0.25) is 0 Å². The Labute approximate surface area is 132 Å². The van der Waals surface area contributed by atoms with Crippen molar-refractivity contribution in [2.45, 2.75) is 6.54 Å². The van der Waals surface area contributed by atoms with Crippen LogP contribution in [0.5, 0.6) is 0 Å². The fourth-order valence-electron chi connectivity index (χ4n) is 2.38. The van der Waals surface area contributed by atoms with Crippen LogP contribution in [0.3, 0.4) is 0 Å². The lowest BCUT2D eigenvalue weighted by molar-refractivity contribution is 0.0601. The van der Waals surface area contributed by atoms with Crippen molar-refractivity contribution in [3.63, 3.8) is 0 Å². The first kappa shape index (κ1) is 15.2. The number of nitrogens with one attached hydrogen (secondary N) is 1. The number of furan rings is 1. The zero-order valence-corrected chi connectivity index (χ0v) is 12.7. The molecule has 0 radical (unpaired) electrons. The van der Waals surface area contributed by atoms with Gasteiger partial charge in [0.15, 0.2) is 0 Å². The van der Waals surface area contributed by atoms with Crippen molar-refractivity contribution in [3.05, 3.63) is 53.6 Å². The van der Waals surface area contributed by atoms with Crippen molar-refractivity contribution < 1.29 is 18.3 Å². The van der Waals surface area contributed by atoms with E-state index in [0.29, 0.717) is 23.3 Å². The number of benzene rings is 1. The van der Waals surface area contributed by atoms with E-state index in [-0.39, 0.29) is 5.56 Å². The summed E-state index contributed by atoms with van der Waals surface area (Å²) >= 11 is 0. The summed E-state index contributed by atoms with van der Waals surface area (Å²) in [5.41, 5.74) is 2.01. The summed E-state index contributed by atoms with van der Waals surface area (Å²) < 4.78 is 24.1. The van der Waals surface area contributed by atoms with Crippen molar-refractivity contribution in [3.8, 4) is 11.3 Å². The average molecular weight is 314 g/mol. The van der Waals surface area contributed by atoms with E-state index in [1.165, 1.54) is 13.2 Å². The number of halogens is 1. The van der Waals surface area contributed by atoms with E-state index in [0.717, 1.165) is 17.3 Å². The molecule has 5 nitrogen and oxygen atoms in total. The second-order valence-electron chi connectivity index (χ2n) is 5.04. The predicted molar refractivity (Wildman–Crippen MR) is 83.5 cm³/mol. The second kappa shape index (κ2) is 6.18. The smallest absolute Gasteiger partial charge is 0.341 e. The third kappa shape index (κ3) is 2.93. The molecule has 118 valence electrons. The van der Waals surface area contributed by atoms with Gasteiger partial charge in [0, 0.05) is 23.7 Å². The monoisotopic (exact) mass is 314 g/mol. The molecule has 3 aromatic rings. The van der Waals surface area contributed by atoms with Crippen LogP contribution in [-0.4, -0.2) is 25.1 Å². The molecule has 1 aromatic carbocycles. The van der Waals surface area contributed by atoms with E-state index in [1.807, 2.05) is 19.2 Å². The SMILES string of the molecule is CNCc1ccc(-c2cc3cc(F)cc(C(=O)OC)c3o2)cn1. The van der Waals surface area contributed by atoms with Crippen LogP contribution in [0.15, 0.2) is 40.9 Å². The maximum atomic E-state index is 13.7. The quantitative estimate of drug-likeness (QED) is 0.750. The van der Waals surface area contributed by atoms with Crippen LogP contribution in [0.2, 0.25) is 0 Å². The van der Waals surface area contributed by atoms with E-state index in [1.54, 1.807) is 12.3 Å². The second-order valence-corrected chi connectivity index (χ2v) is 5.04. The Morgan fingerprint density at radius 3 is 2.83 bits per heavy atom. The van der Waals surface area contributed by atoms with Crippen molar-refractivity contribution in [1.82, 2.24) is 10.3 Å². The normalized spacial score (nSPS) is 10.9. The number of pyridine rings is 1. The third-order valence-corrected chi connectivity index (χ3v) is 3.45. The zero-order valence-electron chi connectivity index (χ0n) is 12.7. The molecule has 2 heterocycles. The minimum absolute atomic E-state index is 0.0634. The first-order chi connectivity index (χ1) is 11.1. The zero-order chi connectivity index (χ0) is 16.4. The van der Waals surface area contributed by atoms with Crippen molar-refractivity contribution in [1.29, 1.82) is 0 Å². The number of fused-ring (bicyclic) bond motifs is 1. The van der Waals surface area contributed by atoms with Gasteiger partial charge in [-0.3, -0.25) is 4.98 Å². The molecule has 23 heavy (non-hydrogen) atoms. The molecule has 0 aliphatic rings. The average Bonchev–Trinajstić information content (AvgIpc) is 2.98. The van der Waals surface area contributed by atoms with Gasteiger partial charge >= 0.3 is 5.97 Å². The van der Waals surface area contributed by atoms with Gasteiger partial charge < -0.3 is 14.5 Å². The Kier molecular flexibility index (Phi) is 4.08. The lowest BCUT2D eigenvalue weighted by Crippen LogP contribution is -2.06. The molecule has 0 spiro atoms. The summed E-state index contributed by atoms with van der Waals surface area (Å²) in [6.07, 6.45) is 1.68. The number of esters is 1. The highest BCUT2D eigenvalue weighted by molar-refractivity contribution is 6.03. The third-order valence-electron chi connectivity index (χ3n) is 3.45. The molecule has 0 aliphatic heterocycles. The first-order valence-corrected chi connectivity index (χ1v) is 7.03. The highest BCUT2D eigenvalue weighted by Crippen LogP contribution is 2.30. The Balaban J connectivity index is 2.07. The number of carbonyl (C=O) groups excluding carboxylic acids is 1. The number of ether oxygens (including phenoxy) is 1. The van der Waals surface area contributed by atoms with Gasteiger partial charge in [0.05, 0.1) is 12.8 Å². The molecule has 0 saturated carbocycles. The van der Waals surface area contributed by atoms with E-state index < -0.39 is 11.8 Å². The molecule has 3 rings (SSSR count). The van der Waals surface area contributed by atoms with Crippen molar-refractivity contribution in [2.24, 2.45) is 0 Å². The molecule has 2 aromatic heterocycles. The Hall–Kier alpha value is -2.73. The fourth-order valence-corrected chi connectivity index (χ4v) is 2.38. The molecule has 0 bridgehead atoms. The lowest BCUT2D eigenvalue weighted by Gasteiger charge is -2.01. The van der Waals surface area contributed by atoms with E-state index in [9.17, 15) is 9.18 Å². The van der Waals surface area contributed by atoms with Crippen LogP contribution in [-0.2, 0) is 11.3 Å². The van der Waals surface area contributed by atoms with Crippen LogP contribution in [0.25, 0.3) is 22.3 Å². The molecule has 1 N–H and O–H groups in total. The number of methoxy groups -OCH3 is 1. The van der Waals surface area contributed by atoms with E-state index in [2.05, 4.69) is 15.0 Å². The van der Waals surface area contributed by atoms with Crippen LogP contribution in [0.1, 0.15) is 16.1 Å². The lowest BCUT2D eigenvalue weighted by atomic mass is 10.1. The molecule has 0 saturated heterocycles. The minimum Gasteiger partial charge on any atom is -0.465 e. The highest BCUT2D eigenvalue weighted by Gasteiger charge is 2.17. The van der Waals surface area contributed by atoms with Gasteiger partial charge in [-0.2, -0.15) is 0 Å². The van der Waals surface area contributed by atoms with Gasteiger partial charge in [-0.25, -0.2) is 9.18 Å². The maximum absolute atomic E-state index is 13.7. The number of hydrogen-bond acceptors (Lipinski definition) is 5. The number of hydrogen-bond donors (Lipinski definition) is 1. The summed E-state index contributed by atoms with van der Waals surface area (Å²) in [6, 6.07) is 7.85. The van der Waals surface area contributed by atoms with Crippen molar-refractivity contribution in [2.75, 3.05) is 14.2 Å². The van der Waals surface area contributed by atoms with Gasteiger partial charge in [-0.05, 0) is 37.4 Å². The number of rotatable bonds is 4. The molecule has 0 unspecified atom stereocenters. The van der Waals surface area contributed by atoms with Crippen LogP contribution in [0.4, 0.5) is 4.39 Å². The van der Waals surface area contributed by atoms with Crippen LogP contribution < -0.4 is 5.32 Å². The topological polar surface area (TPSA) is 64.4 Å². The maximum Gasteiger partial charge on any atom is 0.341 e. The molecule has 0 aliphatic carbocycles. The van der Waals surface area contributed by atoms with Gasteiger partial charge in [-0.15, -0.1) is 0 Å². The minimum atomic E-state index is -0.641. The summed E-state index contributed by atoms with van der Waals surface area (Å²) in [6.45, 7) is 0.665. The number of aromatic nitrogens is 1. The molecule has 6 heteroatoms. The summed E-state index contributed by atoms with van der Waals surface area (Å²) in [7, 11) is 3.09. The molecular formula is C17H15FN2O3. The van der Waals surface area contributed by atoms with Crippen molar-refractivity contribution >= 4 is 16.9 Å². The Morgan fingerprint density at radius 2 is 2.17 bits per heavy atom. The number of carbonyl (C=O) groups is 1. The van der Waals surface area contributed by atoms with Crippen LogP contribution >= 0.6 is 0 Å². The summed E-state index contributed by atoms with van der Waals surface area (Å²) in [4.78, 5) is 16.1. The Bertz CT molecular complexity index is 856. The van der Waals surface area contributed by atoms with Crippen LogP contribution in [0, 0.1) is 5.82 Å². The Morgan fingerprint density at radius 1 is 1.35 bits per heavy atom. The molecule has 0 fully saturated rings. The molecular weight excluding hydrogens is 299 g/mol. The molecule has 0 amide bonds. The summed E-state index contributed by atoms with van der Waals surface area (Å²) in [5, 5.41) is 3.52. The standard InChI is InChI=1S/C17H15FN2O3/c1-19-9-13-4-3-10(8-20-13)15-6-11-5-12(18)7-14(16(11)23-15)17(21)22-2/h3-8,19H,9H2,1-2H3. The van der Waals surface area contributed by atoms with Gasteiger partial charge in [0.25, 0.3) is 0 Å². The van der Waals surface area contributed by atoms with E-state index >= 15 is 0 Å². The predicted octanol–water partition coefficient (Wildman–Crippen LogP) is 3.14. The first-order valence-electron chi connectivity index (χ1n) is 7.03.